The molecule has 21 heavy (non-hydrogen) atoms. The van der Waals surface area contributed by atoms with Crippen molar-refractivity contribution in [3.8, 4) is 0 Å². The minimum absolute atomic E-state index is 0.274. The lowest BCUT2D eigenvalue weighted by atomic mass is 10.2. The molecule has 0 amide bonds. The zero-order valence-electron chi connectivity index (χ0n) is 11.1. The van der Waals surface area contributed by atoms with Gasteiger partial charge in [-0.1, -0.05) is 23.7 Å². The number of hydrogen-bond acceptors (Lipinski definition) is 3. The summed E-state index contributed by atoms with van der Waals surface area (Å²) in [5.74, 6) is -0.889. The van der Waals surface area contributed by atoms with E-state index in [4.69, 9.17) is 16.7 Å². The fourth-order valence-corrected chi connectivity index (χ4v) is 3.20. The summed E-state index contributed by atoms with van der Waals surface area (Å²) in [4.78, 5) is -0.520. The van der Waals surface area contributed by atoms with Gasteiger partial charge >= 0.3 is 0 Å². The summed E-state index contributed by atoms with van der Waals surface area (Å²) in [6, 6.07) is 8.17. The van der Waals surface area contributed by atoms with E-state index in [0.717, 1.165) is 12.1 Å². The number of sulfonamides is 1. The monoisotopic (exact) mass is 329 g/mol. The van der Waals surface area contributed by atoms with Crippen LogP contribution in [0.25, 0.3) is 0 Å². The third kappa shape index (κ3) is 3.34. The van der Waals surface area contributed by atoms with E-state index in [9.17, 15) is 12.8 Å². The predicted molar refractivity (Wildman–Crippen MR) is 79.3 cm³/mol. The van der Waals surface area contributed by atoms with E-state index in [2.05, 4.69) is 4.72 Å². The standard InChI is InChI=1S/C14H13ClFNO3S/c1-9-11(15)3-2-4-13(9)17-21(19,20)14-7-10(8-18)5-6-12(14)16/h2-7,17-18H,8H2,1H3. The van der Waals surface area contributed by atoms with E-state index in [1.54, 1.807) is 19.1 Å². The van der Waals surface area contributed by atoms with Crippen molar-refractivity contribution in [3.05, 3.63) is 58.4 Å². The first-order valence-electron chi connectivity index (χ1n) is 6.02. The summed E-state index contributed by atoms with van der Waals surface area (Å²) in [5, 5.41) is 9.44. The number of aliphatic hydroxyl groups excluding tert-OH is 1. The number of hydrogen-bond donors (Lipinski definition) is 2. The molecule has 0 aliphatic carbocycles. The second-order valence-corrected chi connectivity index (χ2v) is 6.50. The van der Waals surface area contributed by atoms with Gasteiger partial charge in [-0.15, -0.1) is 0 Å². The molecule has 0 atom stereocenters. The smallest absolute Gasteiger partial charge is 0.264 e. The van der Waals surface area contributed by atoms with Crippen molar-refractivity contribution in [2.45, 2.75) is 18.4 Å². The number of nitrogens with one attached hydrogen (secondary N) is 1. The molecule has 0 bridgehead atoms. The van der Waals surface area contributed by atoms with Crippen LogP contribution in [-0.2, 0) is 16.6 Å². The molecule has 0 spiro atoms. The summed E-state index contributed by atoms with van der Waals surface area (Å²) in [7, 11) is -4.11. The lowest BCUT2D eigenvalue weighted by Crippen LogP contribution is -2.15. The van der Waals surface area contributed by atoms with Crippen LogP contribution in [0.5, 0.6) is 0 Å². The SMILES string of the molecule is Cc1c(Cl)cccc1NS(=O)(=O)c1cc(CO)ccc1F. The molecule has 7 heteroatoms. The van der Waals surface area contributed by atoms with E-state index in [1.807, 2.05) is 0 Å². The average Bonchev–Trinajstić information content (AvgIpc) is 2.44. The van der Waals surface area contributed by atoms with Crippen molar-refractivity contribution in [1.82, 2.24) is 0 Å². The van der Waals surface area contributed by atoms with Gasteiger partial charge in [-0.05, 0) is 42.3 Å². The Bertz CT molecular complexity index is 778. The third-order valence-electron chi connectivity index (χ3n) is 2.98. The van der Waals surface area contributed by atoms with E-state index in [1.165, 1.54) is 12.1 Å². The van der Waals surface area contributed by atoms with E-state index in [-0.39, 0.29) is 12.3 Å². The van der Waals surface area contributed by atoms with Gasteiger partial charge in [0.05, 0.1) is 12.3 Å². The summed E-state index contributed by atoms with van der Waals surface area (Å²) in [6.45, 7) is 1.28. The molecule has 0 fully saturated rings. The first kappa shape index (κ1) is 15.8. The maximum Gasteiger partial charge on any atom is 0.264 e. The van der Waals surface area contributed by atoms with Crippen LogP contribution < -0.4 is 4.72 Å². The lowest BCUT2D eigenvalue weighted by Gasteiger charge is -2.12. The highest BCUT2D eigenvalue weighted by atomic mass is 35.5. The van der Waals surface area contributed by atoms with Gasteiger partial charge in [-0.3, -0.25) is 4.72 Å². The molecular formula is C14H13ClFNO3S. The van der Waals surface area contributed by atoms with Crippen LogP contribution in [0, 0.1) is 12.7 Å². The second-order valence-electron chi connectivity index (χ2n) is 4.44. The average molecular weight is 330 g/mol. The Morgan fingerprint density at radius 2 is 2.00 bits per heavy atom. The number of aliphatic hydroxyl groups is 1. The van der Waals surface area contributed by atoms with Crippen LogP contribution in [0.15, 0.2) is 41.3 Å². The number of rotatable bonds is 4. The number of halogens is 2. The fraction of sp³-hybridized carbons (Fsp3) is 0.143. The molecule has 0 saturated heterocycles. The summed E-state index contributed by atoms with van der Waals surface area (Å²) >= 11 is 5.93. The molecule has 2 aromatic rings. The second kappa shape index (κ2) is 6.01. The third-order valence-corrected chi connectivity index (χ3v) is 4.77. The van der Waals surface area contributed by atoms with Crippen molar-refractivity contribution < 1.29 is 17.9 Å². The molecule has 0 radical (unpaired) electrons. The summed E-state index contributed by atoms with van der Waals surface area (Å²) < 4.78 is 40.6. The fourth-order valence-electron chi connectivity index (χ4n) is 1.77. The van der Waals surface area contributed by atoms with Crippen molar-refractivity contribution in [1.29, 1.82) is 0 Å². The van der Waals surface area contributed by atoms with Gasteiger partial charge in [0, 0.05) is 5.02 Å². The van der Waals surface area contributed by atoms with Crippen LogP contribution in [0.3, 0.4) is 0 Å². The molecule has 0 heterocycles. The quantitative estimate of drug-likeness (QED) is 0.906. The van der Waals surface area contributed by atoms with E-state index < -0.39 is 20.7 Å². The maximum atomic E-state index is 13.8. The Balaban J connectivity index is 2.46. The molecule has 112 valence electrons. The van der Waals surface area contributed by atoms with Crippen molar-refractivity contribution in [2.24, 2.45) is 0 Å². The number of benzene rings is 2. The van der Waals surface area contributed by atoms with Crippen molar-refractivity contribution in [2.75, 3.05) is 4.72 Å². The van der Waals surface area contributed by atoms with Crippen LogP contribution in [0.1, 0.15) is 11.1 Å². The Hall–Kier alpha value is -1.63. The zero-order valence-corrected chi connectivity index (χ0v) is 12.7. The van der Waals surface area contributed by atoms with Crippen LogP contribution in [0.4, 0.5) is 10.1 Å². The summed E-state index contributed by atoms with van der Waals surface area (Å²) in [5.41, 5.74) is 1.12. The molecule has 0 aliphatic rings. The highest BCUT2D eigenvalue weighted by Gasteiger charge is 2.20. The largest absolute Gasteiger partial charge is 0.392 e. The van der Waals surface area contributed by atoms with Gasteiger partial charge < -0.3 is 5.11 Å². The minimum Gasteiger partial charge on any atom is -0.392 e. The Kier molecular flexibility index (Phi) is 4.51. The van der Waals surface area contributed by atoms with Crippen molar-refractivity contribution >= 4 is 27.3 Å². The van der Waals surface area contributed by atoms with E-state index in [0.29, 0.717) is 16.1 Å². The van der Waals surface area contributed by atoms with Crippen LogP contribution >= 0.6 is 11.6 Å². The lowest BCUT2D eigenvalue weighted by molar-refractivity contribution is 0.281. The van der Waals surface area contributed by atoms with Gasteiger partial charge in [0.1, 0.15) is 10.7 Å². The molecule has 0 saturated carbocycles. The van der Waals surface area contributed by atoms with Gasteiger partial charge in [-0.2, -0.15) is 0 Å². The molecule has 2 N–H and O–H groups in total. The van der Waals surface area contributed by atoms with Crippen LogP contribution in [0.2, 0.25) is 5.02 Å². The maximum absolute atomic E-state index is 13.8. The van der Waals surface area contributed by atoms with Gasteiger partial charge in [0.25, 0.3) is 10.0 Å². The van der Waals surface area contributed by atoms with Crippen molar-refractivity contribution in [3.63, 3.8) is 0 Å². The van der Waals surface area contributed by atoms with Crippen LogP contribution in [-0.4, -0.2) is 13.5 Å². The van der Waals surface area contributed by atoms with E-state index >= 15 is 0 Å². The predicted octanol–water partition coefficient (Wildman–Crippen LogP) is 3.08. The molecule has 0 unspecified atom stereocenters. The summed E-state index contributed by atoms with van der Waals surface area (Å²) in [6.07, 6.45) is 0. The molecular weight excluding hydrogens is 317 g/mol. The van der Waals surface area contributed by atoms with Gasteiger partial charge in [0.15, 0.2) is 0 Å². The van der Waals surface area contributed by atoms with Gasteiger partial charge in [-0.25, -0.2) is 12.8 Å². The Morgan fingerprint density at radius 1 is 1.29 bits per heavy atom. The molecule has 2 aromatic carbocycles. The molecule has 0 aromatic heterocycles. The van der Waals surface area contributed by atoms with Gasteiger partial charge in [0.2, 0.25) is 0 Å². The molecule has 0 aliphatic heterocycles. The molecule has 2 rings (SSSR count). The highest BCUT2D eigenvalue weighted by molar-refractivity contribution is 7.92. The Labute approximate surface area is 127 Å². The first-order valence-corrected chi connectivity index (χ1v) is 7.88. The Morgan fingerprint density at radius 3 is 2.67 bits per heavy atom. The molecule has 4 nitrogen and oxygen atoms in total. The first-order chi connectivity index (χ1) is 9.85. The minimum atomic E-state index is -4.11. The number of anilines is 1. The highest BCUT2D eigenvalue weighted by Crippen LogP contribution is 2.26. The topological polar surface area (TPSA) is 66.4 Å². The normalized spacial score (nSPS) is 11.4. The zero-order chi connectivity index (χ0) is 15.6.